The lowest BCUT2D eigenvalue weighted by Gasteiger charge is -2.39. The van der Waals surface area contributed by atoms with E-state index < -0.39 is 0 Å². The number of nitrogens with zero attached hydrogens (tertiary/aromatic N) is 1. The monoisotopic (exact) mass is 353 g/mol. The fourth-order valence-corrected chi connectivity index (χ4v) is 4.67. The van der Waals surface area contributed by atoms with E-state index in [0.717, 1.165) is 18.5 Å². The predicted octanol–water partition coefficient (Wildman–Crippen LogP) is 5.73. The standard InChI is InChI=1S/C25H23NO/c1-3-17-8-10-19(11-9-17)21-16-25(2)15-14-23(27)26(25)22-13-12-18-6-4-5-7-20(18)24(21)22/h4-13,16H,3,14-15H2,1-2H3. The van der Waals surface area contributed by atoms with Crippen LogP contribution in [0.15, 0.2) is 66.7 Å². The van der Waals surface area contributed by atoms with Gasteiger partial charge in [-0.15, -0.1) is 0 Å². The lowest BCUT2D eigenvalue weighted by atomic mass is 9.82. The third-order valence-electron chi connectivity index (χ3n) is 6.15. The van der Waals surface area contributed by atoms with Crippen molar-refractivity contribution in [3.8, 4) is 0 Å². The molecule has 1 saturated heterocycles. The van der Waals surface area contributed by atoms with Crippen LogP contribution >= 0.6 is 0 Å². The van der Waals surface area contributed by atoms with Crippen LogP contribution in [0.2, 0.25) is 0 Å². The number of rotatable bonds is 2. The molecule has 0 saturated carbocycles. The Morgan fingerprint density at radius 1 is 1.00 bits per heavy atom. The summed E-state index contributed by atoms with van der Waals surface area (Å²) in [5, 5.41) is 2.42. The van der Waals surface area contributed by atoms with Gasteiger partial charge >= 0.3 is 0 Å². The zero-order valence-electron chi connectivity index (χ0n) is 15.8. The molecule has 134 valence electrons. The molecule has 1 fully saturated rings. The molecule has 3 aromatic carbocycles. The molecule has 0 N–H and O–H groups in total. The van der Waals surface area contributed by atoms with Crippen molar-refractivity contribution < 1.29 is 4.79 Å². The molecular weight excluding hydrogens is 330 g/mol. The molecule has 0 spiro atoms. The molecule has 2 aliphatic rings. The summed E-state index contributed by atoms with van der Waals surface area (Å²) in [5.41, 5.74) is 5.81. The van der Waals surface area contributed by atoms with Crippen LogP contribution in [0.25, 0.3) is 16.3 Å². The zero-order chi connectivity index (χ0) is 18.6. The summed E-state index contributed by atoms with van der Waals surface area (Å²) in [4.78, 5) is 14.8. The molecule has 2 heteroatoms. The third-order valence-corrected chi connectivity index (χ3v) is 6.15. The number of fused-ring (bicyclic) bond motifs is 5. The molecular formula is C25H23NO. The van der Waals surface area contributed by atoms with Crippen molar-refractivity contribution in [2.75, 3.05) is 4.90 Å². The lowest BCUT2D eigenvalue weighted by Crippen LogP contribution is -2.44. The van der Waals surface area contributed by atoms with Crippen LogP contribution in [-0.4, -0.2) is 11.4 Å². The minimum atomic E-state index is -0.245. The van der Waals surface area contributed by atoms with Gasteiger partial charge in [0, 0.05) is 12.0 Å². The molecule has 2 nitrogen and oxygen atoms in total. The highest BCUT2D eigenvalue weighted by Crippen LogP contribution is 2.49. The average Bonchev–Trinajstić information content (AvgIpc) is 3.02. The predicted molar refractivity (Wildman–Crippen MR) is 112 cm³/mol. The highest BCUT2D eigenvalue weighted by atomic mass is 16.2. The molecule has 1 amide bonds. The van der Waals surface area contributed by atoms with Crippen LogP contribution in [0.1, 0.15) is 43.4 Å². The summed E-state index contributed by atoms with van der Waals surface area (Å²) in [5.74, 6) is 0.227. The Labute approximate surface area is 160 Å². The average molecular weight is 353 g/mol. The van der Waals surface area contributed by atoms with E-state index in [-0.39, 0.29) is 11.4 Å². The largest absolute Gasteiger partial charge is 0.302 e. The molecule has 1 atom stereocenters. The smallest absolute Gasteiger partial charge is 0.227 e. The van der Waals surface area contributed by atoms with Gasteiger partial charge in [-0.1, -0.05) is 67.6 Å². The number of carbonyl (C=O) groups is 1. The Hall–Kier alpha value is -2.87. The van der Waals surface area contributed by atoms with E-state index >= 15 is 0 Å². The Morgan fingerprint density at radius 3 is 2.56 bits per heavy atom. The first-order valence-corrected chi connectivity index (χ1v) is 9.78. The van der Waals surface area contributed by atoms with Crippen molar-refractivity contribution in [3.05, 3.63) is 83.4 Å². The van der Waals surface area contributed by atoms with Gasteiger partial charge in [-0.05, 0) is 53.3 Å². The van der Waals surface area contributed by atoms with Gasteiger partial charge in [0.25, 0.3) is 0 Å². The van der Waals surface area contributed by atoms with Crippen LogP contribution in [-0.2, 0) is 11.2 Å². The van der Waals surface area contributed by atoms with Crippen molar-refractivity contribution in [1.29, 1.82) is 0 Å². The van der Waals surface area contributed by atoms with Crippen molar-refractivity contribution in [1.82, 2.24) is 0 Å². The van der Waals surface area contributed by atoms with E-state index in [1.807, 2.05) is 4.90 Å². The summed E-state index contributed by atoms with van der Waals surface area (Å²) in [6.07, 6.45) is 4.85. The first-order chi connectivity index (χ1) is 13.1. The van der Waals surface area contributed by atoms with Gasteiger partial charge in [0.15, 0.2) is 0 Å². The minimum Gasteiger partial charge on any atom is -0.302 e. The van der Waals surface area contributed by atoms with Crippen molar-refractivity contribution in [2.24, 2.45) is 0 Å². The highest BCUT2D eigenvalue weighted by Gasteiger charge is 2.45. The molecule has 5 rings (SSSR count). The van der Waals surface area contributed by atoms with E-state index in [2.05, 4.69) is 80.6 Å². The molecule has 0 bridgehead atoms. The van der Waals surface area contributed by atoms with Crippen molar-refractivity contribution >= 4 is 27.9 Å². The Balaban J connectivity index is 1.82. The fourth-order valence-electron chi connectivity index (χ4n) is 4.67. The van der Waals surface area contributed by atoms with Gasteiger partial charge in [-0.25, -0.2) is 0 Å². The van der Waals surface area contributed by atoms with Gasteiger partial charge < -0.3 is 4.90 Å². The summed E-state index contributed by atoms with van der Waals surface area (Å²) in [6.45, 7) is 4.37. The maximum Gasteiger partial charge on any atom is 0.227 e. The number of amides is 1. The second-order valence-electron chi connectivity index (χ2n) is 7.88. The number of benzene rings is 3. The molecule has 2 aliphatic heterocycles. The fraction of sp³-hybridized carbons (Fsp3) is 0.240. The molecule has 2 heterocycles. The summed E-state index contributed by atoms with van der Waals surface area (Å²) in [7, 11) is 0. The van der Waals surface area contributed by atoms with E-state index in [9.17, 15) is 4.79 Å². The highest BCUT2D eigenvalue weighted by molar-refractivity contribution is 6.11. The van der Waals surface area contributed by atoms with Crippen LogP contribution in [0.5, 0.6) is 0 Å². The van der Waals surface area contributed by atoms with Crippen LogP contribution in [0.3, 0.4) is 0 Å². The lowest BCUT2D eigenvalue weighted by molar-refractivity contribution is -0.117. The van der Waals surface area contributed by atoms with Gasteiger partial charge in [0.05, 0.1) is 11.2 Å². The minimum absolute atomic E-state index is 0.227. The maximum atomic E-state index is 12.7. The zero-order valence-corrected chi connectivity index (χ0v) is 15.8. The number of carbonyl (C=O) groups excluding carboxylic acids is 1. The van der Waals surface area contributed by atoms with E-state index in [1.54, 1.807) is 0 Å². The van der Waals surface area contributed by atoms with Crippen LogP contribution in [0, 0.1) is 0 Å². The van der Waals surface area contributed by atoms with E-state index in [0.29, 0.717) is 6.42 Å². The summed E-state index contributed by atoms with van der Waals surface area (Å²) in [6, 6.07) is 21.6. The quantitative estimate of drug-likeness (QED) is 0.576. The topological polar surface area (TPSA) is 20.3 Å². The summed E-state index contributed by atoms with van der Waals surface area (Å²) < 4.78 is 0. The van der Waals surface area contributed by atoms with Crippen molar-refractivity contribution in [3.63, 3.8) is 0 Å². The third kappa shape index (κ3) is 2.36. The Morgan fingerprint density at radius 2 is 1.78 bits per heavy atom. The van der Waals surface area contributed by atoms with E-state index in [1.165, 1.54) is 33.0 Å². The number of hydrogen-bond acceptors (Lipinski definition) is 1. The van der Waals surface area contributed by atoms with Gasteiger partial charge in [0.1, 0.15) is 0 Å². The van der Waals surface area contributed by atoms with Gasteiger partial charge in [-0.3, -0.25) is 4.79 Å². The Kier molecular flexibility index (Phi) is 3.51. The normalized spacial score (nSPS) is 21.2. The van der Waals surface area contributed by atoms with Crippen molar-refractivity contribution in [2.45, 2.75) is 38.6 Å². The van der Waals surface area contributed by atoms with Crippen LogP contribution in [0.4, 0.5) is 5.69 Å². The number of anilines is 1. The second-order valence-corrected chi connectivity index (χ2v) is 7.88. The molecule has 0 radical (unpaired) electrons. The van der Waals surface area contributed by atoms with Gasteiger partial charge in [0.2, 0.25) is 5.91 Å². The Bertz CT molecular complexity index is 1090. The summed E-state index contributed by atoms with van der Waals surface area (Å²) >= 11 is 0. The molecule has 3 aromatic rings. The number of aryl methyl sites for hydroxylation is 1. The molecule has 1 unspecified atom stereocenters. The molecule has 0 aliphatic carbocycles. The first kappa shape index (κ1) is 16.3. The molecule has 0 aromatic heterocycles. The first-order valence-electron chi connectivity index (χ1n) is 9.78. The van der Waals surface area contributed by atoms with Crippen LogP contribution < -0.4 is 4.90 Å². The van der Waals surface area contributed by atoms with Gasteiger partial charge in [-0.2, -0.15) is 0 Å². The van der Waals surface area contributed by atoms with E-state index in [4.69, 9.17) is 0 Å². The molecule has 27 heavy (non-hydrogen) atoms. The second kappa shape index (κ2) is 5.82. The maximum absolute atomic E-state index is 12.7. The number of hydrogen-bond donors (Lipinski definition) is 0. The SMILES string of the molecule is CCc1ccc(C2=CC3(C)CCC(=O)N3c3ccc4ccccc4c32)cc1.